The number of benzene rings is 1. The molecular weight excluding hydrogens is 316 g/mol. The van der Waals surface area contributed by atoms with Crippen molar-refractivity contribution in [3.63, 3.8) is 0 Å². The molecule has 3 amide bonds. The normalized spacial score (nSPS) is 18.9. The highest BCUT2D eigenvalue weighted by Gasteiger charge is 2.24. The van der Waals surface area contributed by atoms with Crippen molar-refractivity contribution in [3.8, 4) is 0 Å². The summed E-state index contributed by atoms with van der Waals surface area (Å²) in [4.78, 5) is 30.7. The Morgan fingerprint density at radius 1 is 0.960 bits per heavy atom. The smallest absolute Gasteiger partial charge is 0.321 e. The molecule has 2 aliphatic rings. The van der Waals surface area contributed by atoms with E-state index in [-0.39, 0.29) is 11.9 Å². The lowest BCUT2D eigenvalue weighted by atomic mass is 10.1. The summed E-state index contributed by atoms with van der Waals surface area (Å²) in [7, 11) is 0. The van der Waals surface area contributed by atoms with Gasteiger partial charge >= 0.3 is 6.03 Å². The summed E-state index contributed by atoms with van der Waals surface area (Å²) in [6.45, 7) is 7.11. The highest BCUT2D eigenvalue weighted by atomic mass is 16.2. The van der Waals surface area contributed by atoms with Crippen LogP contribution in [0.2, 0.25) is 0 Å². The molecule has 2 saturated heterocycles. The molecule has 0 aromatic heterocycles. The number of anilines is 1. The van der Waals surface area contributed by atoms with E-state index in [0.29, 0.717) is 19.6 Å². The summed E-state index contributed by atoms with van der Waals surface area (Å²) in [6.07, 6.45) is 3.48. The highest BCUT2D eigenvalue weighted by Crippen LogP contribution is 2.13. The molecule has 0 spiro atoms. The largest absolute Gasteiger partial charge is 0.342 e. The van der Waals surface area contributed by atoms with Crippen LogP contribution in [0.15, 0.2) is 24.3 Å². The van der Waals surface area contributed by atoms with Gasteiger partial charge in [0, 0.05) is 45.0 Å². The number of piperazine rings is 1. The minimum atomic E-state index is -0.0624. The standard InChI is InChI=1S/C19H28N4O2/c1-16-6-5-7-17(14-16)20-19(25)23-12-10-21(11-13-23)15-18(24)22-8-3-2-4-9-22/h5-7,14H,2-4,8-13,15H2,1H3,(H,20,25). The molecule has 0 bridgehead atoms. The minimum Gasteiger partial charge on any atom is -0.342 e. The van der Waals surface area contributed by atoms with Gasteiger partial charge in [0.05, 0.1) is 6.54 Å². The van der Waals surface area contributed by atoms with Crippen molar-refractivity contribution < 1.29 is 9.59 Å². The second kappa shape index (κ2) is 8.34. The Kier molecular flexibility index (Phi) is 5.91. The van der Waals surface area contributed by atoms with Crippen LogP contribution in [0.25, 0.3) is 0 Å². The van der Waals surface area contributed by atoms with Crippen molar-refractivity contribution in [2.75, 3.05) is 51.1 Å². The van der Waals surface area contributed by atoms with Crippen LogP contribution in [0.3, 0.4) is 0 Å². The number of piperidine rings is 1. The van der Waals surface area contributed by atoms with E-state index in [1.807, 2.05) is 41.0 Å². The van der Waals surface area contributed by atoms with Crippen LogP contribution in [0.1, 0.15) is 24.8 Å². The third kappa shape index (κ3) is 4.95. The summed E-state index contributed by atoms with van der Waals surface area (Å²) < 4.78 is 0. The number of nitrogens with zero attached hydrogens (tertiary/aromatic N) is 3. The minimum absolute atomic E-state index is 0.0624. The number of carbonyl (C=O) groups excluding carboxylic acids is 2. The average Bonchev–Trinajstić information content (AvgIpc) is 2.63. The van der Waals surface area contributed by atoms with Gasteiger partial charge in [0.25, 0.3) is 0 Å². The van der Waals surface area contributed by atoms with Gasteiger partial charge < -0.3 is 15.1 Å². The molecule has 0 atom stereocenters. The molecule has 0 radical (unpaired) electrons. The predicted octanol–water partition coefficient (Wildman–Crippen LogP) is 2.16. The number of amides is 3. The summed E-state index contributed by atoms with van der Waals surface area (Å²) in [5.74, 6) is 0.234. The molecule has 1 aromatic rings. The van der Waals surface area contributed by atoms with E-state index in [4.69, 9.17) is 0 Å². The second-order valence-electron chi connectivity index (χ2n) is 7.00. The maximum absolute atomic E-state index is 12.4. The van der Waals surface area contributed by atoms with Crippen LogP contribution in [0.4, 0.5) is 10.5 Å². The van der Waals surface area contributed by atoms with Crippen LogP contribution < -0.4 is 5.32 Å². The van der Waals surface area contributed by atoms with Crippen molar-refractivity contribution in [2.24, 2.45) is 0 Å². The molecule has 0 unspecified atom stereocenters. The van der Waals surface area contributed by atoms with Gasteiger partial charge in [-0.3, -0.25) is 9.69 Å². The molecule has 2 heterocycles. The van der Waals surface area contributed by atoms with E-state index in [0.717, 1.165) is 50.3 Å². The van der Waals surface area contributed by atoms with E-state index < -0.39 is 0 Å². The van der Waals surface area contributed by atoms with E-state index in [9.17, 15) is 9.59 Å². The molecular formula is C19H28N4O2. The molecule has 1 aromatic carbocycles. The Morgan fingerprint density at radius 2 is 1.68 bits per heavy atom. The van der Waals surface area contributed by atoms with Crippen molar-refractivity contribution >= 4 is 17.6 Å². The predicted molar refractivity (Wildman–Crippen MR) is 98.6 cm³/mol. The van der Waals surface area contributed by atoms with Crippen molar-refractivity contribution in [1.29, 1.82) is 0 Å². The van der Waals surface area contributed by atoms with Crippen molar-refractivity contribution in [3.05, 3.63) is 29.8 Å². The van der Waals surface area contributed by atoms with Gasteiger partial charge in [-0.05, 0) is 43.9 Å². The monoisotopic (exact) mass is 344 g/mol. The first-order valence-corrected chi connectivity index (χ1v) is 9.24. The number of likely N-dealkylation sites (tertiary alicyclic amines) is 1. The maximum atomic E-state index is 12.4. The average molecular weight is 344 g/mol. The maximum Gasteiger partial charge on any atom is 0.321 e. The Hall–Kier alpha value is -2.08. The van der Waals surface area contributed by atoms with Crippen LogP contribution in [0, 0.1) is 6.92 Å². The second-order valence-corrected chi connectivity index (χ2v) is 7.00. The number of aryl methyl sites for hydroxylation is 1. The zero-order valence-electron chi connectivity index (χ0n) is 15.0. The Labute approximate surface area is 149 Å². The molecule has 2 fully saturated rings. The number of nitrogens with one attached hydrogen (secondary N) is 1. The quantitative estimate of drug-likeness (QED) is 0.914. The topological polar surface area (TPSA) is 55.9 Å². The zero-order chi connectivity index (χ0) is 17.6. The van der Waals surface area contributed by atoms with Crippen LogP contribution >= 0.6 is 0 Å². The number of urea groups is 1. The molecule has 1 N–H and O–H groups in total. The van der Waals surface area contributed by atoms with Gasteiger partial charge in [-0.2, -0.15) is 0 Å². The first-order valence-electron chi connectivity index (χ1n) is 9.24. The highest BCUT2D eigenvalue weighted by molar-refractivity contribution is 5.89. The fraction of sp³-hybridized carbons (Fsp3) is 0.579. The Morgan fingerprint density at radius 3 is 2.36 bits per heavy atom. The van der Waals surface area contributed by atoms with Crippen molar-refractivity contribution in [1.82, 2.24) is 14.7 Å². The first-order chi connectivity index (χ1) is 12.1. The number of carbonyl (C=O) groups is 2. The number of rotatable bonds is 3. The third-order valence-electron chi connectivity index (χ3n) is 5.00. The molecule has 0 aliphatic carbocycles. The zero-order valence-corrected chi connectivity index (χ0v) is 15.0. The molecule has 0 saturated carbocycles. The lowest BCUT2D eigenvalue weighted by Crippen LogP contribution is -2.52. The fourth-order valence-electron chi connectivity index (χ4n) is 3.47. The molecule has 6 heteroatoms. The van der Waals surface area contributed by atoms with Crippen LogP contribution in [-0.2, 0) is 4.79 Å². The molecule has 25 heavy (non-hydrogen) atoms. The van der Waals surface area contributed by atoms with Crippen molar-refractivity contribution in [2.45, 2.75) is 26.2 Å². The van der Waals surface area contributed by atoms with Gasteiger partial charge in [0.1, 0.15) is 0 Å². The lowest BCUT2D eigenvalue weighted by molar-refractivity contribution is -0.133. The number of hydrogen-bond donors (Lipinski definition) is 1. The van der Waals surface area contributed by atoms with Gasteiger partial charge in [-0.1, -0.05) is 12.1 Å². The summed E-state index contributed by atoms with van der Waals surface area (Å²) in [5, 5.41) is 2.95. The van der Waals surface area contributed by atoms with Crippen LogP contribution in [-0.4, -0.2) is 72.5 Å². The van der Waals surface area contributed by atoms with Gasteiger partial charge in [0.15, 0.2) is 0 Å². The SMILES string of the molecule is Cc1cccc(NC(=O)N2CCN(CC(=O)N3CCCCC3)CC2)c1. The Bertz CT molecular complexity index is 605. The summed E-state index contributed by atoms with van der Waals surface area (Å²) in [5.41, 5.74) is 1.95. The van der Waals surface area contributed by atoms with E-state index >= 15 is 0 Å². The molecule has 2 aliphatic heterocycles. The Balaban J connectivity index is 1.43. The molecule has 6 nitrogen and oxygen atoms in total. The van der Waals surface area contributed by atoms with Gasteiger partial charge in [-0.25, -0.2) is 4.79 Å². The molecule has 136 valence electrons. The van der Waals surface area contributed by atoms with Gasteiger partial charge in [0.2, 0.25) is 5.91 Å². The summed E-state index contributed by atoms with van der Waals surface area (Å²) in [6, 6.07) is 7.75. The van der Waals surface area contributed by atoms with E-state index in [1.165, 1.54) is 6.42 Å². The summed E-state index contributed by atoms with van der Waals surface area (Å²) >= 11 is 0. The van der Waals surface area contributed by atoms with Crippen LogP contribution in [0.5, 0.6) is 0 Å². The third-order valence-corrected chi connectivity index (χ3v) is 5.00. The number of hydrogen-bond acceptors (Lipinski definition) is 3. The van der Waals surface area contributed by atoms with Gasteiger partial charge in [-0.15, -0.1) is 0 Å². The first kappa shape index (κ1) is 17.7. The lowest BCUT2D eigenvalue weighted by Gasteiger charge is -2.36. The fourth-order valence-corrected chi connectivity index (χ4v) is 3.47. The van der Waals surface area contributed by atoms with E-state index in [2.05, 4.69) is 10.2 Å². The molecule has 3 rings (SSSR count). The van der Waals surface area contributed by atoms with E-state index in [1.54, 1.807) is 0 Å².